The van der Waals surface area contributed by atoms with Crippen molar-refractivity contribution >= 4 is 13.1 Å². The molecule has 3 aliphatic heterocycles. The Bertz CT molecular complexity index is 682. The number of rotatable bonds is 6. The van der Waals surface area contributed by atoms with Crippen LogP contribution < -0.4 is 9.80 Å². The molecule has 0 aliphatic carbocycles. The molecule has 5 nitrogen and oxygen atoms in total. The summed E-state index contributed by atoms with van der Waals surface area (Å²) in [6.07, 6.45) is 11.2. The van der Waals surface area contributed by atoms with Crippen LogP contribution in [0, 0.1) is 0 Å². The van der Waals surface area contributed by atoms with E-state index in [-0.39, 0.29) is 5.78 Å². The standard InChI is InChI=1S/C24H41N4OP/c1-25(2)23-14-12-22(13-15-23)24(26-16-6-3-7-17-26)30(29,27-18-8-4-9-19-27)28-20-10-5-11-21-28/h12-15,24H,3-11,16-21H2,1-2H3/p+1/t24-/m1/s1. The third-order valence-corrected chi connectivity index (χ3v) is 11.2. The second-order valence-corrected chi connectivity index (χ2v) is 12.6. The van der Waals surface area contributed by atoms with E-state index < -0.39 is 7.44 Å². The van der Waals surface area contributed by atoms with Gasteiger partial charge < -0.3 is 9.80 Å². The Labute approximate surface area is 183 Å². The minimum absolute atomic E-state index is 0.0882. The first-order valence-corrected chi connectivity index (χ1v) is 14.0. The van der Waals surface area contributed by atoms with Gasteiger partial charge >= 0.3 is 0 Å². The number of benzene rings is 1. The van der Waals surface area contributed by atoms with Gasteiger partial charge in [-0.05, 0) is 57.1 Å². The van der Waals surface area contributed by atoms with Gasteiger partial charge in [-0.25, -0.2) is 9.34 Å². The third kappa shape index (κ3) is 4.65. The minimum atomic E-state index is -2.69. The van der Waals surface area contributed by atoms with E-state index in [0.29, 0.717) is 0 Å². The lowest BCUT2D eigenvalue weighted by Crippen LogP contribution is -3.13. The molecule has 3 aliphatic rings. The average molecular weight is 434 g/mol. The lowest BCUT2D eigenvalue weighted by molar-refractivity contribution is -0.922. The van der Waals surface area contributed by atoms with Crippen LogP contribution in [0.2, 0.25) is 0 Å². The quantitative estimate of drug-likeness (QED) is 0.688. The maximum Gasteiger partial charge on any atom is 0.277 e. The van der Waals surface area contributed by atoms with E-state index in [0.717, 1.165) is 39.3 Å². The van der Waals surface area contributed by atoms with Gasteiger partial charge in [0.1, 0.15) is 0 Å². The van der Waals surface area contributed by atoms with Crippen molar-refractivity contribution in [3.8, 4) is 0 Å². The number of quaternary nitrogens is 1. The predicted molar refractivity (Wildman–Crippen MR) is 127 cm³/mol. The smallest absolute Gasteiger partial charge is 0.277 e. The number of likely N-dealkylation sites (tertiary alicyclic amines) is 1. The van der Waals surface area contributed by atoms with Crippen LogP contribution in [0.4, 0.5) is 5.69 Å². The molecule has 1 atom stereocenters. The van der Waals surface area contributed by atoms with Crippen molar-refractivity contribution < 1.29 is 9.46 Å². The molecular formula is C24H42N4OP+. The Kier molecular flexibility index (Phi) is 7.57. The van der Waals surface area contributed by atoms with E-state index in [1.165, 1.54) is 69.0 Å². The first kappa shape index (κ1) is 22.3. The fourth-order valence-corrected chi connectivity index (χ4v) is 9.75. The maximum absolute atomic E-state index is 15.4. The zero-order chi connectivity index (χ0) is 21.0. The summed E-state index contributed by atoms with van der Waals surface area (Å²) >= 11 is 0. The maximum atomic E-state index is 15.4. The van der Waals surface area contributed by atoms with E-state index in [4.69, 9.17) is 0 Å². The number of anilines is 1. The molecule has 0 aromatic heterocycles. The first-order chi connectivity index (χ1) is 14.6. The third-order valence-electron chi connectivity index (χ3n) is 7.42. The monoisotopic (exact) mass is 433 g/mol. The van der Waals surface area contributed by atoms with Crippen LogP contribution in [0.1, 0.15) is 69.1 Å². The van der Waals surface area contributed by atoms with Crippen LogP contribution in [0.3, 0.4) is 0 Å². The highest BCUT2D eigenvalue weighted by Gasteiger charge is 2.51. The van der Waals surface area contributed by atoms with Crippen LogP contribution in [-0.2, 0) is 4.57 Å². The van der Waals surface area contributed by atoms with Gasteiger partial charge in [-0.3, -0.25) is 4.57 Å². The van der Waals surface area contributed by atoms with Crippen molar-refractivity contribution in [2.75, 3.05) is 58.3 Å². The second kappa shape index (κ2) is 10.2. The van der Waals surface area contributed by atoms with Crippen molar-refractivity contribution in [2.24, 2.45) is 0 Å². The largest absolute Gasteiger partial charge is 0.378 e. The number of hydrogen-bond acceptors (Lipinski definition) is 2. The first-order valence-electron chi connectivity index (χ1n) is 12.3. The van der Waals surface area contributed by atoms with Crippen molar-refractivity contribution in [3.05, 3.63) is 29.8 Å². The van der Waals surface area contributed by atoms with Crippen molar-refractivity contribution in [2.45, 2.75) is 63.6 Å². The summed E-state index contributed by atoms with van der Waals surface area (Å²) < 4.78 is 20.3. The topological polar surface area (TPSA) is 31.2 Å². The molecule has 0 amide bonds. The molecule has 0 spiro atoms. The van der Waals surface area contributed by atoms with Gasteiger partial charge in [-0.1, -0.05) is 25.0 Å². The molecule has 0 saturated carbocycles. The van der Waals surface area contributed by atoms with Crippen molar-refractivity contribution in [1.82, 2.24) is 9.34 Å². The lowest BCUT2D eigenvalue weighted by atomic mass is 10.1. The predicted octanol–water partition coefficient (Wildman–Crippen LogP) is 3.98. The molecule has 0 bridgehead atoms. The number of piperidine rings is 3. The van der Waals surface area contributed by atoms with E-state index >= 15 is 4.57 Å². The summed E-state index contributed by atoms with van der Waals surface area (Å²) in [5.41, 5.74) is 2.51. The van der Waals surface area contributed by atoms with Gasteiger partial charge in [0.05, 0.1) is 13.1 Å². The van der Waals surface area contributed by atoms with E-state index in [1.807, 2.05) is 0 Å². The summed E-state index contributed by atoms with van der Waals surface area (Å²) in [7, 11) is 1.49. The van der Waals surface area contributed by atoms with E-state index in [9.17, 15) is 0 Å². The summed E-state index contributed by atoms with van der Waals surface area (Å²) in [6.45, 7) is 6.35. The molecular weight excluding hydrogens is 391 g/mol. The van der Waals surface area contributed by atoms with Crippen LogP contribution in [0.25, 0.3) is 0 Å². The van der Waals surface area contributed by atoms with Gasteiger partial charge in [0.15, 0.2) is 5.78 Å². The Hall–Kier alpha value is -0.870. The highest BCUT2D eigenvalue weighted by Crippen LogP contribution is 2.63. The fraction of sp³-hybridized carbons (Fsp3) is 0.750. The summed E-state index contributed by atoms with van der Waals surface area (Å²) in [6, 6.07) is 9.01. The number of nitrogens with one attached hydrogen (secondary N) is 1. The van der Waals surface area contributed by atoms with Crippen LogP contribution in [0.15, 0.2) is 24.3 Å². The SMILES string of the molecule is CN(C)c1ccc([C@H]([NH+]2CCCCC2)P(=O)(N2CCCCC2)N2CCCCC2)cc1. The van der Waals surface area contributed by atoms with Crippen molar-refractivity contribution in [3.63, 3.8) is 0 Å². The molecule has 3 fully saturated rings. The Balaban J connectivity index is 1.76. The van der Waals surface area contributed by atoms with Gasteiger partial charge in [-0.2, -0.15) is 0 Å². The molecule has 6 heteroatoms. The van der Waals surface area contributed by atoms with E-state index in [2.05, 4.69) is 52.6 Å². The second-order valence-electron chi connectivity index (χ2n) is 9.73. The molecule has 0 radical (unpaired) electrons. The number of hydrogen-bond donors (Lipinski definition) is 1. The molecule has 3 heterocycles. The van der Waals surface area contributed by atoms with Crippen LogP contribution >= 0.6 is 7.44 Å². The molecule has 1 aromatic carbocycles. The highest BCUT2D eigenvalue weighted by molar-refractivity contribution is 7.59. The Morgan fingerprint density at radius 1 is 0.767 bits per heavy atom. The van der Waals surface area contributed by atoms with Crippen molar-refractivity contribution in [1.29, 1.82) is 0 Å². The van der Waals surface area contributed by atoms with Gasteiger partial charge in [-0.15, -0.1) is 0 Å². The summed E-state index contributed by atoms with van der Waals surface area (Å²) in [4.78, 5) is 3.72. The fourth-order valence-electron chi connectivity index (χ4n) is 5.73. The zero-order valence-electron chi connectivity index (χ0n) is 19.2. The lowest BCUT2D eigenvalue weighted by Gasteiger charge is -2.47. The molecule has 4 rings (SSSR count). The van der Waals surface area contributed by atoms with Crippen LogP contribution in [0.5, 0.6) is 0 Å². The molecule has 1 N–H and O–H groups in total. The highest BCUT2D eigenvalue weighted by atomic mass is 31.2. The molecule has 168 valence electrons. The number of nitrogens with zero attached hydrogens (tertiary/aromatic N) is 3. The van der Waals surface area contributed by atoms with Gasteiger partial charge in [0.2, 0.25) is 0 Å². The Morgan fingerprint density at radius 2 is 1.23 bits per heavy atom. The summed E-state index contributed by atoms with van der Waals surface area (Å²) in [5, 5.41) is 0. The average Bonchev–Trinajstić information content (AvgIpc) is 2.81. The molecule has 0 unspecified atom stereocenters. The van der Waals surface area contributed by atoms with Gasteiger partial charge in [0.25, 0.3) is 7.44 Å². The normalized spacial score (nSPS) is 23.9. The summed E-state index contributed by atoms with van der Waals surface area (Å²) in [5.74, 6) is 0.0882. The van der Waals surface area contributed by atoms with E-state index in [1.54, 1.807) is 4.90 Å². The minimum Gasteiger partial charge on any atom is -0.378 e. The molecule has 1 aromatic rings. The van der Waals surface area contributed by atoms with Gasteiger partial charge in [0, 0.05) is 51.5 Å². The van der Waals surface area contributed by atoms with Crippen LogP contribution in [-0.4, -0.2) is 62.7 Å². The molecule has 3 saturated heterocycles. The zero-order valence-corrected chi connectivity index (χ0v) is 20.1. The molecule has 30 heavy (non-hydrogen) atoms. The Morgan fingerprint density at radius 3 is 1.70 bits per heavy atom.